The Morgan fingerprint density at radius 3 is 2.88 bits per heavy atom. The summed E-state index contributed by atoms with van der Waals surface area (Å²) in [6, 6.07) is 7.54. The van der Waals surface area contributed by atoms with Crippen molar-refractivity contribution in [1.82, 2.24) is 0 Å². The maximum Gasteiger partial charge on any atom is 0.122 e. The lowest BCUT2D eigenvalue weighted by molar-refractivity contribution is 1.30. The maximum absolute atomic E-state index is 8.76. The smallest absolute Gasteiger partial charge is 0.122 e. The summed E-state index contributed by atoms with van der Waals surface area (Å²) in [5.74, 6) is 0.566. The van der Waals surface area contributed by atoms with Gasteiger partial charge in [0, 0.05) is 11.9 Å². The van der Waals surface area contributed by atoms with E-state index in [2.05, 4.69) is 23.0 Å². The average molecular weight is 225 g/mol. The first kappa shape index (κ1) is 12.7. The summed E-state index contributed by atoms with van der Waals surface area (Å²) in [6.07, 6.45) is 5.40. The Bertz CT molecular complexity index is 505. The first-order chi connectivity index (χ1) is 8.17. The van der Waals surface area contributed by atoms with Gasteiger partial charge < -0.3 is 5.32 Å². The van der Waals surface area contributed by atoms with Gasteiger partial charge >= 0.3 is 0 Å². The Kier molecular flexibility index (Phi) is 4.71. The molecule has 1 aromatic carbocycles. The van der Waals surface area contributed by atoms with Gasteiger partial charge in [-0.3, -0.25) is 0 Å². The third-order valence-corrected chi connectivity index (χ3v) is 2.14. The van der Waals surface area contributed by atoms with E-state index in [1.807, 2.05) is 38.1 Å². The van der Waals surface area contributed by atoms with Crippen LogP contribution in [-0.2, 0) is 0 Å². The van der Waals surface area contributed by atoms with E-state index in [0.717, 1.165) is 11.3 Å². The van der Waals surface area contributed by atoms with Crippen molar-refractivity contribution in [3.63, 3.8) is 0 Å². The quantitative estimate of drug-likeness (QED) is 0.798. The molecule has 0 aliphatic carbocycles. The molecule has 0 saturated carbocycles. The zero-order chi connectivity index (χ0) is 12.7. The predicted octanol–water partition coefficient (Wildman–Crippen LogP) is 3.40. The van der Waals surface area contributed by atoms with Gasteiger partial charge in [-0.2, -0.15) is 5.26 Å². The minimum Gasteiger partial charge on any atom is -0.341 e. The topological polar surface area (TPSA) is 48.2 Å². The number of allylic oxidation sites excluding steroid dienone is 2. The van der Waals surface area contributed by atoms with Gasteiger partial charge in [0.2, 0.25) is 0 Å². The van der Waals surface area contributed by atoms with Gasteiger partial charge in [0.15, 0.2) is 0 Å². The molecule has 0 bridgehead atoms. The van der Waals surface area contributed by atoms with E-state index in [0.29, 0.717) is 11.4 Å². The molecular formula is C14H15N3. The molecule has 0 unspecified atom stereocenters. The number of hydrogen-bond acceptors (Lipinski definition) is 3. The number of rotatable bonds is 4. The van der Waals surface area contributed by atoms with Crippen molar-refractivity contribution in [1.29, 1.82) is 5.26 Å². The summed E-state index contributed by atoms with van der Waals surface area (Å²) in [7, 11) is 0. The average Bonchev–Trinajstić information content (AvgIpc) is 2.32. The van der Waals surface area contributed by atoms with Gasteiger partial charge in [-0.1, -0.05) is 12.7 Å². The molecule has 0 fully saturated rings. The first-order valence-electron chi connectivity index (χ1n) is 5.29. The molecule has 86 valence electrons. The largest absolute Gasteiger partial charge is 0.341 e. The second kappa shape index (κ2) is 6.29. The minimum atomic E-state index is 0.566. The number of aryl methyl sites for hydroxylation is 1. The molecule has 3 nitrogen and oxygen atoms in total. The van der Waals surface area contributed by atoms with Crippen molar-refractivity contribution in [2.24, 2.45) is 4.99 Å². The standard InChI is InChI=1S/C14H15N3/c1-4-5-8-16-12(3)17-14-7-6-13(10-15)9-11(14)2/h4-9,17H,3H2,1-2H3/b5-4-,16-8-. The summed E-state index contributed by atoms with van der Waals surface area (Å²) in [5, 5.41) is 11.8. The lowest BCUT2D eigenvalue weighted by Crippen LogP contribution is -1.98. The van der Waals surface area contributed by atoms with E-state index in [1.54, 1.807) is 12.3 Å². The molecule has 0 radical (unpaired) electrons. The molecular weight excluding hydrogens is 210 g/mol. The fourth-order valence-corrected chi connectivity index (χ4v) is 1.28. The lowest BCUT2D eigenvalue weighted by Gasteiger charge is -2.08. The van der Waals surface area contributed by atoms with Crippen molar-refractivity contribution >= 4 is 11.9 Å². The lowest BCUT2D eigenvalue weighted by atomic mass is 10.1. The van der Waals surface area contributed by atoms with E-state index < -0.39 is 0 Å². The van der Waals surface area contributed by atoms with Gasteiger partial charge in [-0.05, 0) is 43.7 Å². The summed E-state index contributed by atoms with van der Waals surface area (Å²) < 4.78 is 0. The molecule has 0 spiro atoms. The monoisotopic (exact) mass is 225 g/mol. The zero-order valence-corrected chi connectivity index (χ0v) is 10.1. The highest BCUT2D eigenvalue weighted by Crippen LogP contribution is 2.17. The molecule has 1 rings (SSSR count). The van der Waals surface area contributed by atoms with Crippen molar-refractivity contribution < 1.29 is 0 Å². The highest BCUT2D eigenvalue weighted by molar-refractivity contribution is 5.72. The van der Waals surface area contributed by atoms with Gasteiger partial charge in [-0.25, -0.2) is 4.99 Å². The molecule has 0 aliphatic heterocycles. The molecule has 17 heavy (non-hydrogen) atoms. The third-order valence-electron chi connectivity index (χ3n) is 2.14. The Morgan fingerprint density at radius 2 is 2.29 bits per heavy atom. The number of hydrogen-bond donors (Lipinski definition) is 1. The van der Waals surface area contributed by atoms with E-state index in [-0.39, 0.29) is 0 Å². The van der Waals surface area contributed by atoms with Gasteiger partial charge in [0.1, 0.15) is 5.82 Å². The summed E-state index contributed by atoms with van der Waals surface area (Å²) in [4.78, 5) is 4.11. The number of nitrogens with one attached hydrogen (secondary N) is 1. The van der Waals surface area contributed by atoms with Crippen LogP contribution in [0.2, 0.25) is 0 Å². The van der Waals surface area contributed by atoms with Crippen LogP contribution in [0.3, 0.4) is 0 Å². The molecule has 1 N–H and O–H groups in total. The fraction of sp³-hybridized carbons (Fsp3) is 0.143. The second-order valence-corrected chi connectivity index (χ2v) is 3.52. The Hall–Kier alpha value is -2.34. The summed E-state index contributed by atoms with van der Waals surface area (Å²) in [6.45, 7) is 7.66. The number of aliphatic imine (C=N–C) groups is 1. The highest BCUT2D eigenvalue weighted by atomic mass is 15.0. The Balaban J connectivity index is 2.76. The third kappa shape index (κ3) is 3.96. The maximum atomic E-state index is 8.76. The number of nitriles is 1. The highest BCUT2D eigenvalue weighted by Gasteiger charge is 1.99. The molecule has 0 aliphatic rings. The minimum absolute atomic E-state index is 0.566. The van der Waals surface area contributed by atoms with Gasteiger partial charge in [0.05, 0.1) is 11.6 Å². The SMILES string of the molecule is C=C(/N=C\C=C/C)Nc1ccc(C#N)cc1C. The van der Waals surface area contributed by atoms with Crippen LogP contribution in [0.25, 0.3) is 0 Å². The van der Waals surface area contributed by atoms with E-state index >= 15 is 0 Å². The van der Waals surface area contributed by atoms with Crippen LogP contribution in [-0.4, -0.2) is 6.21 Å². The summed E-state index contributed by atoms with van der Waals surface area (Å²) in [5.41, 5.74) is 2.55. The van der Waals surface area contributed by atoms with Crippen LogP contribution in [0.1, 0.15) is 18.1 Å². The van der Waals surface area contributed by atoms with Gasteiger partial charge in [0.25, 0.3) is 0 Å². The first-order valence-corrected chi connectivity index (χ1v) is 5.29. The molecule has 0 atom stereocenters. The molecule has 0 heterocycles. The van der Waals surface area contributed by atoms with Crippen LogP contribution in [0.4, 0.5) is 5.69 Å². The second-order valence-electron chi connectivity index (χ2n) is 3.52. The molecule has 0 aromatic heterocycles. The van der Waals surface area contributed by atoms with Crippen LogP contribution in [0.15, 0.2) is 47.7 Å². The van der Waals surface area contributed by atoms with Crippen molar-refractivity contribution in [3.8, 4) is 6.07 Å². The van der Waals surface area contributed by atoms with Gasteiger partial charge in [-0.15, -0.1) is 0 Å². The Morgan fingerprint density at radius 1 is 1.53 bits per heavy atom. The number of anilines is 1. The molecule has 0 saturated heterocycles. The Labute approximate surface area is 102 Å². The van der Waals surface area contributed by atoms with Crippen LogP contribution < -0.4 is 5.32 Å². The van der Waals surface area contributed by atoms with E-state index in [9.17, 15) is 0 Å². The van der Waals surface area contributed by atoms with E-state index in [1.165, 1.54) is 0 Å². The molecule has 0 amide bonds. The number of nitrogens with zero attached hydrogens (tertiary/aromatic N) is 2. The normalized spacial score (nSPS) is 10.6. The van der Waals surface area contributed by atoms with Crippen molar-refractivity contribution in [2.75, 3.05) is 5.32 Å². The van der Waals surface area contributed by atoms with Crippen LogP contribution in [0.5, 0.6) is 0 Å². The van der Waals surface area contributed by atoms with Crippen molar-refractivity contribution in [2.45, 2.75) is 13.8 Å². The summed E-state index contributed by atoms with van der Waals surface area (Å²) >= 11 is 0. The molecule has 1 aromatic rings. The van der Waals surface area contributed by atoms with Crippen LogP contribution in [0, 0.1) is 18.3 Å². The van der Waals surface area contributed by atoms with Crippen molar-refractivity contribution in [3.05, 3.63) is 53.9 Å². The predicted molar refractivity (Wildman–Crippen MR) is 72.0 cm³/mol. The van der Waals surface area contributed by atoms with E-state index in [4.69, 9.17) is 5.26 Å². The zero-order valence-electron chi connectivity index (χ0n) is 10.1. The fourth-order valence-electron chi connectivity index (χ4n) is 1.28. The number of benzene rings is 1. The van der Waals surface area contributed by atoms with Crippen LogP contribution >= 0.6 is 0 Å². The molecule has 3 heteroatoms.